The van der Waals surface area contributed by atoms with E-state index in [4.69, 9.17) is 5.73 Å². The van der Waals surface area contributed by atoms with Gasteiger partial charge in [-0.1, -0.05) is 13.8 Å². The number of rotatable bonds is 3. The average Bonchev–Trinajstić information content (AvgIpc) is 2.64. The van der Waals surface area contributed by atoms with Crippen LogP contribution in [0.1, 0.15) is 33.6 Å². The van der Waals surface area contributed by atoms with Gasteiger partial charge in [-0.05, 0) is 38.0 Å². The first-order valence-electron chi connectivity index (χ1n) is 5.96. The summed E-state index contributed by atoms with van der Waals surface area (Å²) in [6, 6.07) is 4.58. The highest BCUT2D eigenvalue weighted by molar-refractivity contribution is 5.78. The van der Waals surface area contributed by atoms with Crippen LogP contribution in [0.15, 0.2) is 18.2 Å². The topological polar surface area (TPSA) is 43.8 Å². The van der Waals surface area contributed by atoms with Crippen LogP contribution in [0.5, 0.6) is 0 Å². The number of imidazole rings is 1. The molecule has 1 aromatic heterocycles. The van der Waals surface area contributed by atoms with Gasteiger partial charge in [-0.3, -0.25) is 0 Å². The highest BCUT2D eigenvalue weighted by atomic mass is 19.1. The fourth-order valence-corrected chi connectivity index (χ4v) is 2.20. The van der Waals surface area contributed by atoms with Gasteiger partial charge >= 0.3 is 0 Å². The van der Waals surface area contributed by atoms with Crippen LogP contribution in [0.3, 0.4) is 0 Å². The minimum absolute atomic E-state index is 0.118. The summed E-state index contributed by atoms with van der Waals surface area (Å²) in [5.41, 5.74) is 7.37. The molecule has 0 aliphatic heterocycles. The van der Waals surface area contributed by atoms with E-state index < -0.39 is 0 Å². The molecule has 92 valence electrons. The van der Waals surface area contributed by atoms with Crippen molar-refractivity contribution < 1.29 is 4.39 Å². The number of nitrogens with zero attached hydrogens (tertiary/aromatic N) is 2. The van der Waals surface area contributed by atoms with Crippen LogP contribution in [-0.2, 0) is 5.54 Å². The van der Waals surface area contributed by atoms with E-state index in [9.17, 15) is 4.39 Å². The Labute approximate surface area is 100 Å². The fraction of sp³-hybridized carbons (Fsp3) is 0.462. The number of aromatic nitrogens is 2. The molecule has 0 atom stereocenters. The van der Waals surface area contributed by atoms with Crippen molar-refractivity contribution in [2.75, 3.05) is 5.73 Å². The third-order valence-corrected chi connectivity index (χ3v) is 3.71. The van der Waals surface area contributed by atoms with E-state index >= 15 is 0 Å². The van der Waals surface area contributed by atoms with E-state index in [1.54, 1.807) is 6.07 Å². The molecule has 2 N–H and O–H groups in total. The minimum atomic E-state index is -0.256. The number of anilines is 1. The Morgan fingerprint density at radius 2 is 2.00 bits per heavy atom. The van der Waals surface area contributed by atoms with Gasteiger partial charge in [0.25, 0.3) is 0 Å². The average molecular weight is 235 g/mol. The molecule has 17 heavy (non-hydrogen) atoms. The van der Waals surface area contributed by atoms with Gasteiger partial charge in [0.2, 0.25) is 5.95 Å². The normalized spacial score (nSPS) is 12.2. The Morgan fingerprint density at radius 3 is 2.59 bits per heavy atom. The van der Waals surface area contributed by atoms with Crippen LogP contribution in [-0.4, -0.2) is 9.55 Å². The van der Waals surface area contributed by atoms with Gasteiger partial charge in [0.1, 0.15) is 5.82 Å². The summed E-state index contributed by atoms with van der Waals surface area (Å²) in [7, 11) is 0. The molecule has 0 unspecified atom stereocenters. The zero-order chi connectivity index (χ0) is 12.6. The predicted molar refractivity (Wildman–Crippen MR) is 68.3 cm³/mol. The van der Waals surface area contributed by atoms with Crippen LogP contribution < -0.4 is 5.73 Å². The van der Waals surface area contributed by atoms with Crippen LogP contribution in [0, 0.1) is 5.82 Å². The first-order chi connectivity index (χ1) is 8.01. The highest BCUT2D eigenvalue weighted by Crippen LogP contribution is 2.32. The molecule has 3 nitrogen and oxygen atoms in total. The van der Waals surface area contributed by atoms with E-state index in [1.165, 1.54) is 12.1 Å². The molecule has 0 fully saturated rings. The quantitative estimate of drug-likeness (QED) is 0.887. The summed E-state index contributed by atoms with van der Waals surface area (Å²) < 4.78 is 15.3. The van der Waals surface area contributed by atoms with E-state index in [2.05, 4.69) is 25.8 Å². The third-order valence-electron chi connectivity index (χ3n) is 3.71. The summed E-state index contributed by atoms with van der Waals surface area (Å²) >= 11 is 0. The highest BCUT2D eigenvalue weighted by Gasteiger charge is 2.26. The standard InChI is InChI=1S/C13H18FN3/c1-4-13(3,5-2)17-11-8-9(14)6-7-10(11)16-12(17)15/h6-8H,4-5H2,1-3H3,(H2,15,16). The van der Waals surface area contributed by atoms with Crippen molar-refractivity contribution in [3.05, 3.63) is 24.0 Å². The van der Waals surface area contributed by atoms with E-state index in [0.29, 0.717) is 5.95 Å². The Balaban J connectivity index is 2.75. The van der Waals surface area contributed by atoms with E-state index in [-0.39, 0.29) is 11.4 Å². The van der Waals surface area contributed by atoms with E-state index in [1.807, 2.05) is 4.57 Å². The largest absolute Gasteiger partial charge is 0.369 e. The molecule has 0 saturated heterocycles. The van der Waals surface area contributed by atoms with Crippen molar-refractivity contribution in [1.82, 2.24) is 9.55 Å². The maximum atomic E-state index is 13.3. The van der Waals surface area contributed by atoms with E-state index in [0.717, 1.165) is 23.9 Å². The predicted octanol–water partition coefficient (Wildman–Crippen LogP) is 3.29. The number of nitrogen functional groups attached to an aromatic ring is 1. The maximum Gasteiger partial charge on any atom is 0.201 e. The monoisotopic (exact) mass is 235 g/mol. The smallest absolute Gasteiger partial charge is 0.201 e. The third kappa shape index (κ3) is 1.77. The van der Waals surface area contributed by atoms with Crippen molar-refractivity contribution in [1.29, 1.82) is 0 Å². The molecule has 4 heteroatoms. The maximum absolute atomic E-state index is 13.3. The molecule has 2 rings (SSSR count). The second-order valence-corrected chi connectivity index (χ2v) is 4.64. The molecule has 1 heterocycles. The molecule has 0 amide bonds. The van der Waals surface area contributed by atoms with Gasteiger partial charge in [0.15, 0.2) is 0 Å². The summed E-state index contributed by atoms with van der Waals surface area (Å²) in [4.78, 5) is 4.29. The molecule has 0 aliphatic carbocycles. The summed E-state index contributed by atoms with van der Waals surface area (Å²) in [6.07, 6.45) is 1.85. The molecule has 0 spiro atoms. The lowest BCUT2D eigenvalue weighted by Crippen LogP contribution is -2.29. The van der Waals surface area contributed by atoms with Crippen LogP contribution in [0.2, 0.25) is 0 Å². The number of benzene rings is 1. The Hall–Kier alpha value is -1.58. The zero-order valence-corrected chi connectivity index (χ0v) is 10.5. The zero-order valence-electron chi connectivity index (χ0n) is 10.5. The van der Waals surface area contributed by atoms with Crippen LogP contribution in [0.25, 0.3) is 11.0 Å². The number of fused-ring (bicyclic) bond motifs is 1. The Kier molecular flexibility index (Phi) is 2.81. The summed E-state index contributed by atoms with van der Waals surface area (Å²) in [6.45, 7) is 6.33. The number of nitrogens with two attached hydrogens (primary N) is 1. The van der Waals surface area contributed by atoms with Gasteiger partial charge in [-0.2, -0.15) is 0 Å². The number of halogens is 1. The van der Waals surface area contributed by atoms with Gasteiger partial charge in [-0.25, -0.2) is 9.37 Å². The van der Waals surface area contributed by atoms with Crippen molar-refractivity contribution in [3.8, 4) is 0 Å². The number of hydrogen-bond acceptors (Lipinski definition) is 2. The van der Waals surface area contributed by atoms with Crippen LogP contribution in [0.4, 0.5) is 10.3 Å². The molecule has 0 bridgehead atoms. The van der Waals surface area contributed by atoms with Gasteiger partial charge < -0.3 is 10.3 Å². The molecule has 0 saturated carbocycles. The SMILES string of the molecule is CCC(C)(CC)n1c(N)nc2ccc(F)cc21. The molecule has 0 aliphatic rings. The second kappa shape index (κ2) is 4.02. The molecular formula is C13H18FN3. The number of hydrogen-bond donors (Lipinski definition) is 1. The fourth-order valence-electron chi connectivity index (χ4n) is 2.20. The Morgan fingerprint density at radius 1 is 1.35 bits per heavy atom. The lowest BCUT2D eigenvalue weighted by Gasteiger charge is -2.30. The molecule has 2 aromatic rings. The lowest BCUT2D eigenvalue weighted by molar-refractivity contribution is 0.307. The first kappa shape index (κ1) is 11.9. The first-order valence-corrected chi connectivity index (χ1v) is 5.96. The molecule has 0 radical (unpaired) electrons. The van der Waals surface area contributed by atoms with Crippen molar-refractivity contribution in [2.24, 2.45) is 0 Å². The van der Waals surface area contributed by atoms with Gasteiger partial charge in [0.05, 0.1) is 11.0 Å². The second-order valence-electron chi connectivity index (χ2n) is 4.64. The molecular weight excluding hydrogens is 217 g/mol. The Bertz CT molecular complexity index is 541. The van der Waals surface area contributed by atoms with Crippen LogP contribution >= 0.6 is 0 Å². The lowest BCUT2D eigenvalue weighted by atomic mass is 9.95. The molecule has 1 aromatic carbocycles. The van der Waals surface area contributed by atoms with Crippen molar-refractivity contribution >= 4 is 17.0 Å². The van der Waals surface area contributed by atoms with Gasteiger partial charge in [0, 0.05) is 5.54 Å². The minimum Gasteiger partial charge on any atom is -0.369 e. The van der Waals surface area contributed by atoms with Gasteiger partial charge in [-0.15, -0.1) is 0 Å². The summed E-state index contributed by atoms with van der Waals surface area (Å²) in [5.74, 6) is 0.199. The summed E-state index contributed by atoms with van der Waals surface area (Å²) in [5, 5.41) is 0. The van der Waals surface area contributed by atoms with Crippen molar-refractivity contribution in [3.63, 3.8) is 0 Å². The van der Waals surface area contributed by atoms with Crippen molar-refractivity contribution in [2.45, 2.75) is 39.2 Å².